The maximum atomic E-state index is 11.7. The molecule has 168 valence electrons. The number of pyridine rings is 1. The van der Waals surface area contributed by atoms with Crippen LogP contribution < -0.4 is 19.5 Å². The zero-order valence-corrected chi connectivity index (χ0v) is 18.2. The fourth-order valence-corrected chi connectivity index (χ4v) is 3.08. The van der Waals surface area contributed by atoms with E-state index >= 15 is 0 Å². The second-order valence-electron chi connectivity index (χ2n) is 7.19. The summed E-state index contributed by atoms with van der Waals surface area (Å²) < 4.78 is 17.5. The van der Waals surface area contributed by atoms with Crippen LogP contribution in [0.5, 0.6) is 17.2 Å². The van der Waals surface area contributed by atoms with E-state index in [4.69, 9.17) is 14.2 Å². The number of benzene rings is 2. The van der Waals surface area contributed by atoms with Crippen LogP contribution in [0.15, 0.2) is 72.9 Å². The molecule has 7 nitrogen and oxygen atoms in total. The first kappa shape index (κ1) is 22.9. The Bertz CT molecular complexity index is 995. The highest BCUT2D eigenvalue weighted by molar-refractivity contribution is 5.73. The molecular weight excluding hydrogens is 408 g/mol. The average molecular weight is 437 g/mol. The van der Waals surface area contributed by atoms with Crippen molar-refractivity contribution in [3.8, 4) is 17.2 Å². The van der Waals surface area contributed by atoms with Crippen molar-refractivity contribution in [2.75, 3.05) is 25.6 Å². The highest BCUT2D eigenvalue weighted by Gasteiger charge is 2.12. The summed E-state index contributed by atoms with van der Waals surface area (Å²) in [6.07, 6.45) is 4.37. The first-order valence-corrected chi connectivity index (χ1v) is 10.6. The van der Waals surface area contributed by atoms with Crippen molar-refractivity contribution in [1.82, 2.24) is 0 Å². The van der Waals surface area contributed by atoms with E-state index in [9.17, 15) is 10.0 Å². The molecule has 3 rings (SSSR count). The molecule has 0 amide bonds. The number of hydrogen-bond donors (Lipinski definition) is 1. The molecule has 3 aromatic rings. The Morgan fingerprint density at radius 3 is 2.56 bits per heavy atom. The third-order valence-corrected chi connectivity index (χ3v) is 4.79. The lowest BCUT2D eigenvalue weighted by atomic mass is 10.1. The highest BCUT2D eigenvalue weighted by Crippen LogP contribution is 2.30. The minimum Gasteiger partial charge on any atom is -0.711 e. The second-order valence-corrected chi connectivity index (χ2v) is 7.19. The standard InChI is InChI=1S/C25H28N2O5/c1-30-25(28)18-20-13-14-22(19-23(20)32-21-10-4-2-5-11-21)31-17-9-3-7-15-26-24-12-6-8-16-27(24)29/h2,4-6,8,10-14,16,19,26H,3,7,9,15,17-18H2,1H3. The van der Waals surface area contributed by atoms with E-state index in [1.54, 1.807) is 18.2 Å². The number of para-hydroxylation sites is 1. The van der Waals surface area contributed by atoms with Gasteiger partial charge in [0, 0.05) is 17.7 Å². The van der Waals surface area contributed by atoms with Gasteiger partial charge in [-0.15, -0.1) is 0 Å². The van der Waals surface area contributed by atoms with Gasteiger partial charge in [-0.3, -0.25) is 10.1 Å². The Morgan fingerprint density at radius 1 is 0.969 bits per heavy atom. The molecule has 0 aliphatic rings. The van der Waals surface area contributed by atoms with Gasteiger partial charge in [-0.2, -0.15) is 0 Å². The molecule has 0 unspecified atom stereocenters. The maximum absolute atomic E-state index is 11.7. The normalized spacial score (nSPS) is 10.4. The fourth-order valence-electron chi connectivity index (χ4n) is 3.08. The molecule has 0 fully saturated rings. The number of esters is 1. The van der Waals surface area contributed by atoms with Gasteiger partial charge in [0.15, 0.2) is 0 Å². The van der Waals surface area contributed by atoms with Crippen LogP contribution in [0.1, 0.15) is 24.8 Å². The van der Waals surface area contributed by atoms with Crippen molar-refractivity contribution in [2.45, 2.75) is 25.7 Å². The Kier molecular flexibility index (Phi) is 8.74. The number of rotatable bonds is 12. The fraction of sp³-hybridized carbons (Fsp3) is 0.280. The SMILES string of the molecule is COC(=O)Cc1ccc(OCCCCCNc2cccc[n+]2[O-])cc1Oc1ccccc1. The van der Waals surface area contributed by atoms with Crippen LogP contribution in [0.3, 0.4) is 0 Å². The van der Waals surface area contributed by atoms with Crippen molar-refractivity contribution in [2.24, 2.45) is 0 Å². The summed E-state index contributed by atoms with van der Waals surface area (Å²) in [6, 6.07) is 20.1. The average Bonchev–Trinajstić information content (AvgIpc) is 2.81. The predicted octanol–water partition coefficient (Wildman–Crippen LogP) is 4.49. The van der Waals surface area contributed by atoms with E-state index < -0.39 is 0 Å². The second kappa shape index (κ2) is 12.2. The predicted molar refractivity (Wildman–Crippen MR) is 122 cm³/mol. The van der Waals surface area contributed by atoms with Crippen LogP contribution in [0, 0.1) is 5.21 Å². The van der Waals surface area contributed by atoms with E-state index in [0.717, 1.165) is 36.1 Å². The summed E-state index contributed by atoms with van der Waals surface area (Å²) in [6.45, 7) is 1.29. The van der Waals surface area contributed by atoms with Crippen LogP contribution in [0.2, 0.25) is 0 Å². The lowest BCUT2D eigenvalue weighted by Crippen LogP contribution is -2.30. The molecule has 2 aromatic carbocycles. The Morgan fingerprint density at radius 2 is 1.78 bits per heavy atom. The maximum Gasteiger partial charge on any atom is 0.310 e. The number of hydrogen-bond acceptors (Lipinski definition) is 6. The minimum absolute atomic E-state index is 0.122. The highest BCUT2D eigenvalue weighted by atomic mass is 16.5. The third-order valence-electron chi connectivity index (χ3n) is 4.79. The van der Waals surface area contributed by atoms with Gasteiger partial charge in [0.2, 0.25) is 0 Å². The van der Waals surface area contributed by atoms with E-state index in [2.05, 4.69) is 5.32 Å². The lowest BCUT2D eigenvalue weighted by Gasteiger charge is -2.13. The molecule has 0 atom stereocenters. The number of carbonyl (C=O) groups is 1. The molecule has 0 aliphatic carbocycles. The van der Waals surface area contributed by atoms with Gasteiger partial charge in [-0.05, 0) is 43.5 Å². The molecule has 0 spiro atoms. The van der Waals surface area contributed by atoms with E-state index in [0.29, 0.717) is 29.7 Å². The molecule has 1 aromatic heterocycles. The smallest absolute Gasteiger partial charge is 0.310 e. The molecule has 0 saturated carbocycles. The molecule has 0 bridgehead atoms. The number of methoxy groups -OCH3 is 1. The van der Waals surface area contributed by atoms with Crippen molar-refractivity contribution in [1.29, 1.82) is 0 Å². The molecule has 0 aliphatic heterocycles. The lowest BCUT2D eigenvalue weighted by molar-refractivity contribution is -0.590. The van der Waals surface area contributed by atoms with Gasteiger partial charge in [0.05, 0.1) is 32.9 Å². The van der Waals surface area contributed by atoms with Gasteiger partial charge < -0.3 is 19.4 Å². The van der Waals surface area contributed by atoms with E-state index in [1.807, 2.05) is 48.5 Å². The summed E-state index contributed by atoms with van der Waals surface area (Å²) in [5.74, 6) is 2.16. The summed E-state index contributed by atoms with van der Waals surface area (Å²) in [7, 11) is 1.37. The largest absolute Gasteiger partial charge is 0.711 e. The third kappa shape index (κ3) is 7.19. The molecule has 7 heteroatoms. The Balaban J connectivity index is 1.48. The Hall–Kier alpha value is -3.74. The minimum atomic E-state index is -0.330. The molecule has 1 N–H and O–H groups in total. The van der Waals surface area contributed by atoms with Gasteiger partial charge >= 0.3 is 5.97 Å². The molecule has 32 heavy (non-hydrogen) atoms. The number of anilines is 1. The molecule has 0 saturated heterocycles. The summed E-state index contributed by atoms with van der Waals surface area (Å²) in [4.78, 5) is 11.7. The molecule has 1 heterocycles. The number of nitrogens with zero attached hydrogens (tertiary/aromatic N) is 1. The van der Waals surface area contributed by atoms with Crippen LogP contribution in [0.4, 0.5) is 5.82 Å². The zero-order chi connectivity index (χ0) is 22.6. The number of aromatic nitrogens is 1. The van der Waals surface area contributed by atoms with Gasteiger partial charge in [0.25, 0.3) is 5.82 Å². The van der Waals surface area contributed by atoms with Crippen LogP contribution in [0.25, 0.3) is 0 Å². The molecule has 0 radical (unpaired) electrons. The van der Waals surface area contributed by atoms with Crippen LogP contribution >= 0.6 is 0 Å². The van der Waals surface area contributed by atoms with E-state index in [-0.39, 0.29) is 12.4 Å². The topological polar surface area (TPSA) is 83.7 Å². The first-order chi connectivity index (χ1) is 15.7. The van der Waals surface area contributed by atoms with Crippen LogP contribution in [-0.4, -0.2) is 26.2 Å². The van der Waals surface area contributed by atoms with Gasteiger partial charge in [-0.1, -0.05) is 30.3 Å². The monoisotopic (exact) mass is 436 g/mol. The van der Waals surface area contributed by atoms with Gasteiger partial charge in [-0.25, -0.2) is 4.73 Å². The van der Waals surface area contributed by atoms with Crippen molar-refractivity contribution < 1.29 is 23.7 Å². The van der Waals surface area contributed by atoms with Crippen molar-refractivity contribution in [3.63, 3.8) is 0 Å². The number of unbranched alkanes of at least 4 members (excludes halogenated alkanes) is 2. The number of ether oxygens (including phenoxy) is 3. The summed E-state index contributed by atoms with van der Waals surface area (Å²) in [5.41, 5.74) is 0.732. The molecular formula is C25H28N2O5. The number of nitrogens with one attached hydrogen (secondary N) is 1. The quantitative estimate of drug-likeness (QED) is 0.195. The summed E-state index contributed by atoms with van der Waals surface area (Å²) in [5, 5.41) is 14.7. The number of carbonyl (C=O) groups excluding carboxylic acids is 1. The Labute approximate surface area is 188 Å². The first-order valence-electron chi connectivity index (χ1n) is 10.6. The van der Waals surface area contributed by atoms with Crippen molar-refractivity contribution >= 4 is 11.8 Å². The van der Waals surface area contributed by atoms with E-state index in [1.165, 1.54) is 13.3 Å². The summed E-state index contributed by atoms with van der Waals surface area (Å²) >= 11 is 0. The van der Waals surface area contributed by atoms with Crippen molar-refractivity contribution in [3.05, 3.63) is 83.7 Å². The zero-order valence-electron chi connectivity index (χ0n) is 18.2. The van der Waals surface area contributed by atoms with Gasteiger partial charge in [0.1, 0.15) is 17.2 Å². The van der Waals surface area contributed by atoms with Crippen LogP contribution in [-0.2, 0) is 16.0 Å².